The number of halogens is 2. The van der Waals surface area contributed by atoms with Crippen molar-refractivity contribution in [3.63, 3.8) is 0 Å². The number of ether oxygens (including phenoxy) is 2. The number of fused-ring (bicyclic) bond motifs is 1. The Morgan fingerprint density at radius 1 is 1.33 bits per heavy atom. The molecule has 0 spiro atoms. The highest BCUT2D eigenvalue weighted by Crippen LogP contribution is 2.46. The smallest absolute Gasteiger partial charge is 0.236 e. The predicted octanol–water partition coefficient (Wildman–Crippen LogP) is 3.26. The number of rotatable bonds is 3. The largest absolute Gasteiger partial charge is 0.453 e. The van der Waals surface area contributed by atoms with Gasteiger partial charge in [-0.25, -0.2) is 8.42 Å². The molecule has 0 fully saturated rings. The molecule has 0 aromatic heterocycles. The van der Waals surface area contributed by atoms with Crippen molar-refractivity contribution < 1.29 is 17.9 Å². The fourth-order valence-corrected chi connectivity index (χ4v) is 3.27. The van der Waals surface area contributed by atoms with Gasteiger partial charge in [0.15, 0.2) is 11.5 Å². The quantitative estimate of drug-likeness (QED) is 0.804. The molecule has 1 aromatic rings. The molecule has 2 rings (SSSR count). The molecule has 18 heavy (non-hydrogen) atoms. The lowest BCUT2D eigenvalue weighted by Gasteiger charge is -2.15. The number of hydrogen-bond donors (Lipinski definition) is 0. The predicted molar refractivity (Wildman–Crippen MR) is 70.1 cm³/mol. The van der Waals surface area contributed by atoms with Crippen molar-refractivity contribution in [1.29, 1.82) is 0 Å². The Morgan fingerprint density at radius 2 is 1.94 bits per heavy atom. The summed E-state index contributed by atoms with van der Waals surface area (Å²) in [5.41, 5.74) is 1.32. The minimum Gasteiger partial charge on any atom is -0.453 e. The first-order valence-electron chi connectivity index (χ1n) is 5.33. The van der Waals surface area contributed by atoms with Gasteiger partial charge in [-0.05, 0) is 17.5 Å². The monoisotopic (exact) mass is 310 g/mol. The van der Waals surface area contributed by atoms with Gasteiger partial charge in [0.05, 0.1) is 10.8 Å². The molecule has 7 heteroatoms. The SMILES string of the molecule is CC(C)c1c(CS(=O)(=O)Cl)cc(Cl)c2c1OCO2. The fourth-order valence-electron chi connectivity index (χ4n) is 2.04. The fraction of sp³-hybridized carbons (Fsp3) is 0.455. The Kier molecular flexibility index (Phi) is 3.67. The van der Waals surface area contributed by atoms with Gasteiger partial charge in [-0.15, -0.1) is 0 Å². The molecule has 0 saturated heterocycles. The van der Waals surface area contributed by atoms with Crippen LogP contribution in [-0.2, 0) is 14.8 Å². The van der Waals surface area contributed by atoms with Gasteiger partial charge in [-0.2, -0.15) is 0 Å². The Morgan fingerprint density at radius 3 is 2.50 bits per heavy atom. The molecule has 1 aromatic carbocycles. The van der Waals surface area contributed by atoms with Crippen LogP contribution in [-0.4, -0.2) is 15.2 Å². The van der Waals surface area contributed by atoms with E-state index >= 15 is 0 Å². The molecule has 0 aliphatic carbocycles. The third-order valence-corrected chi connectivity index (χ3v) is 3.89. The van der Waals surface area contributed by atoms with E-state index in [-0.39, 0.29) is 18.5 Å². The van der Waals surface area contributed by atoms with Crippen molar-refractivity contribution in [2.24, 2.45) is 0 Å². The molecule has 0 saturated carbocycles. The normalized spacial score (nSPS) is 14.3. The van der Waals surface area contributed by atoms with E-state index in [9.17, 15) is 8.42 Å². The molecule has 0 N–H and O–H groups in total. The van der Waals surface area contributed by atoms with Gasteiger partial charge in [-0.1, -0.05) is 25.4 Å². The highest BCUT2D eigenvalue weighted by Gasteiger charge is 2.27. The third-order valence-electron chi connectivity index (χ3n) is 2.63. The maximum Gasteiger partial charge on any atom is 0.236 e. The Balaban J connectivity index is 2.62. The van der Waals surface area contributed by atoms with Gasteiger partial charge in [0.1, 0.15) is 0 Å². The Bertz CT molecular complexity index is 581. The second kappa shape index (κ2) is 4.79. The molecule has 0 unspecified atom stereocenters. The van der Waals surface area contributed by atoms with E-state index in [0.717, 1.165) is 5.56 Å². The van der Waals surface area contributed by atoms with E-state index in [4.69, 9.17) is 31.8 Å². The van der Waals surface area contributed by atoms with Crippen molar-refractivity contribution in [3.05, 3.63) is 22.2 Å². The molecule has 1 aliphatic rings. The summed E-state index contributed by atoms with van der Waals surface area (Å²) in [7, 11) is 1.65. The second-order valence-corrected chi connectivity index (χ2v) is 7.52. The van der Waals surface area contributed by atoms with Gasteiger partial charge in [-0.3, -0.25) is 0 Å². The van der Waals surface area contributed by atoms with E-state index < -0.39 is 9.05 Å². The van der Waals surface area contributed by atoms with Crippen LogP contribution in [0.1, 0.15) is 30.9 Å². The molecule has 0 bridgehead atoms. The maximum absolute atomic E-state index is 11.2. The number of hydrogen-bond acceptors (Lipinski definition) is 4. The number of benzene rings is 1. The molecule has 1 heterocycles. The average Bonchev–Trinajstić information content (AvgIpc) is 2.63. The molecule has 0 amide bonds. The van der Waals surface area contributed by atoms with Crippen molar-refractivity contribution in [1.82, 2.24) is 0 Å². The van der Waals surface area contributed by atoms with E-state index in [0.29, 0.717) is 22.1 Å². The van der Waals surface area contributed by atoms with Gasteiger partial charge in [0, 0.05) is 16.2 Å². The van der Waals surface area contributed by atoms with E-state index in [1.165, 1.54) is 0 Å². The minimum atomic E-state index is -3.65. The Hall–Kier alpha value is -0.650. The lowest BCUT2D eigenvalue weighted by molar-refractivity contribution is 0.173. The van der Waals surface area contributed by atoms with Gasteiger partial charge >= 0.3 is 0 Å². The van der Waals surface area contributed by atoms with Crippen LogP contribution in [0.4, 0.5) is 0 Å². The summed E-state index contributed by atoms with van der Waals surface area (Å²) in [5.74, 6) is 0.786. The van der Waals surface area contributed by atoms with E-state index in [1.54, 1.807) is 6.07 Å². The summed E-state index contributed by atoms with van der Waals surface area (Å²) < 4.78 is 33.1. The van der Waals surface area contributed by atoms with Crippen LogP contribution in [0.15, 0.2) is 6.07 Å². The van der Waals surface area contributed by atoms with Crippen LogP contribution in [0.5, 0.6) is 11.5 Å². The molecule has 4 nitrogen and oxygen atoms in total. The Labute approximate surface area is 115 Å². The second-order valence-electron chi connectivity index (χ2n) is 4.33. The summed E-state index contributed by atoms with van der Waals surface area (Å²) in [6.07, 6.45) is 0. The molecule has 1 aliphatic heterocycles. The van der Waals surface area contributed by atoms with Crippen LogP contribution in [0, 0.1) is 0 Å². The van der Waals surface area contributed by atoms with Crippen LogP contribution in [0.2, 0.25) is 5.02 Å². The van der Waals surface area contributed by atoms with Gasteiger partial charge in [0.2, 0.25) is 15.8 Å². The van der Waals surface area contributed by atoms with Crippen molar-refractivity contribution >= 4 is 31.3 Å². The zero-order valence-corrected chi connectivity index (χ0v) is 12.2. The standard InChI is InChI=1S/C11H12Cl2O4S/c1-6(2)9-7(4-18(13,14)15)3-8(12)10-11(9)17-5-16-10/h3,6H,4-5H2,1-2H3. The van der Waals surface area contributed by atoms with Crippen molar-refractivity contribution in [2.45, 2.75) is 25.5 Å². The maximum atomic E-state index is 11.2. The first-order chi connectivity index (χ1) is 8.29. The minimum absolute atomic E-state index is 0.0751. The van der Waals surface area contributed by atoms with Crippen LogP contribution >= 0.6 is 22.3 Å². The molecule has 0 atom stereocenters. The summed E-state index contributed by atoms with van der Waals surface area (Å²) >= 11 is 6.04. The third kappa shape index (κ3) is 2.68. The summed E-state index contributed by atoms with van der Waals surface area (Å²) in [5, 5.41) is 0.335. The summed E-state index contributed by atoms with van der Waals surface area (Å²) in [4.78, 5) is 0. The van der Waals surface area contributed by atoms with E-state index in [2.05, 4.69) is 0 Å². The average molecular weight is 311 g/mol. The molecule has 100 valence electrons. The first kappa shape index (κ1) is 13.8. The zero-order chi connectivity index (χ0) is 13.5. The molecule has 0 radical (unpaired) electrons. The summed E-state index contributed by atoms with van der Waals surface area (Å²) in [6, 6.07) is 1.57. The van der Waals surface area contributed by atoms with E-state index in [1.807, 2.05) is 13.8 Å². The highest BCUT2D eigenvalue weighted by atomic mass is 35.7. The highest BCUT2D eigenvalue weighted by molar-refractivity contribution is 8.13. The molecular weight excluding hydrogens is 299 g/mol. The van der Waals surface area contributed by atoms with Crippen molar-refractivity contribution in [3.8, 4) is 11.5 Å². The van der Waals surface area contributed by atoms with Gasteiger partial charge < -0.3 is 9.47 Å². The zero-order valence-electron chi connectivity index (χ0n) is 9.87. The lowest BCUT2D eigenvalue weighted by Crippen LogP contribution is -2.03. The topological polar surface area (TPSA) is 52.6 Å². The van der Waals surface area contributed by atoms with Crippen LogP contribution in [0.3, 0.4) is 0 Å². The lowest BCUT2D eigenvalue weighted by atomic mass is 9.96. The first-order valence-corrected chi connectivity index (χ1v) is 8.18. The van der Waals surface area contributed by atoms with Crippen LogP contribution in [0.25, 0.3) is 0 Å². The van der Waals surface area contributed by atoms with Crippen LogP contribution < -0.4 is 9.47 Å². The van der Waals surface area contributed by atoms with Gasteiger partial charge in [0.25, 0.3) is 0 Å². The molecular formula is C11H12Cl2O4S. The summed E-state index contributed by atoms with van der Waals surface area (Å²) in [6.45, 7) is 3.97. The van der Waals surface area contributed by atoms with Crippen molar-refractivity contribution in [2.75, 3.05) is 6.79 Å².